The molecule has 1 aromatic rings. The maximum atomic E-state index is 11.7. The maximum Gasteiger partial charge on any atom is 0.248 e. The smallest absolute Gasteiger partial charge is 0.248 e. The van der Waals surface area contributed by atoms with Crippen LogP contribution >= 0.6 is 23.2 Å². The highest BCUT2D eigenvalue weighted by Gasteiger charge is 2.15. The minimum atomic E-state index is -0.887. The van der Waals surface area contributed by atoms with Gasteiger partial charge in [-0.25, -0.2) is 0 Å². The molecule has 0 bridgehead atoms. The van der Waals surface area contributed by atoms with Crippen molar-refractivity contribution in [2.75, 3.05) is 13.2 Å². The molecule has 0 fully saturated rings. The lowest BCUT2D eigenvalue weighted by Gasteiger charge is -2.16. The molecule has 0 saturated heterocycles. The largest absolute Gasteiger partial charge is 0.387 e. The van der Waals surface area contributed by atoms with Crippen LogP contribution < -0.4 is 5.32 Å². The fourth-order valence-electron chi connectivity index (χ4n) is 1.51. The molecule has 0 radical (unpaired) electrons. The number of carbonyl (C=O) groups excluding carboxylic acids is 1. The molecule has 110 valence electrons. The van der Waals surface area contributed by atoms with E-state index in [-0.39, 0.29) is 12.5 Å². The highest BCUT2D eigenvalue weighted by atomic mass is 35.5. The molecule has 0 saturated carbocycles. The van der Waals surface area contributed by atoms with Crippen LogP contribution in [0.1, 0.15) is 18.6 Å². The molecular formula is C14H17Cl2NO3. The Morgan fingerprint density at radius 3 is 2.60 bits per heavy atom. The van der Waals surface area contributed by atoms with E-state index < -0.39 is 12.2 Å². The van der Waals surface area contributed by atoms with Crippen molar-refractivity contribution < 1.29 is 14.6 Å². The number of halogens is 2. The summed E-state index contributed by atoms with van der Waals surface area (Å²) in [6.45, 7) is 5.47. The number of benzene rings is 1. The molecular weight excluding hydrogens is 301 g/mol. The first kappa shape index (κ1) is 17.0. The van der Waals surface area contributed by atoms with E-state index in [1.165, 1.54) is 0 Å². The second-order valence-corrected chi connectivity index (χ2v) is 5.10. The topological polar surface area (TPSA) is 58.6 Å². The zero-order valence-electron chi connectivity index (χ0n) is 11.1. The molecule has 1 aromatic carbocycles. The minimum absolute atomic E-state index is 0.0529. The molecule has 0 aliphatic heterocycles. The van der Waals surface area contributed by atoms with Crippen molar-refractivity contribution in [2.45, 2.75) is 19.1 Å². The van der Waals surface area contributed by atoms with Crippen molar-refractivity contribution >= 4 is 29.1 Å². The van der Waals surface area contributed by atoms with E-state index in [1.807, 2.05) is 0 Å². The Balaban J connectivity index is 2.52. The average Bonchev–Trinajstić information content (AvgIpc) is 2.40. The summed E-state index contributed by atoms with van der Waals surface area (Å²) in [7, 11) is 0. The van der Waals surface area contributed by atoms with Crippen LogP contribution in [0.3, 0.4) is 0 Å². The number of carbonyl (C=O) groups is 1. The van der Waals surface area contributed by atoms with Gasteiger partial charge in [0, 0.05) is 16.6 Å². The minimum Gasteiger partial charge on any atom is -0.387 e. The molecule has 0 unspecified atom stereocenters. The standard InChI is InChI=1S/C14H17Cl2NO3/c1-3-4-20-9(2)14(19)17-8-13(18)10-5-11(15)7-12(16)6-10/h3,5-7,9,13,18H,1,4,8H2,2H3,(H,17,19)/t9-,13+/m0/s1. The predicted molar refractivity (Wildman–Crippen MR) is 80.0 cm³/mol. The Hall–Kier alpha value is -1.07. The average molecular weight is 318 g/mol. The van der Waals surface area contributed by atoms with Crippen LogP contribution in [-0.4, -0.2) is 30.3 Å². The summed E-state index contributed by atoms with van der Waals surface area (Å²) >= 11 is 11.7. The third kappa shape index (κ3) is 5.51. The number of aliphatic hydroxyl groups is 1. The van der Waals surface area contributed by atoms with Crippen molar-refractivity contribution in [2.24, 2.45) is 0 Å². The monoisotopic (exact) mass is 317 g/mol. The summed E-state index contributed by atoms with van der Waals surface area (Å²) in [6.07, 6.45) is 0.0666. The van der Waals surface area contributed by atoms with E-state index in [2.05, 4.69) is 11.9 Å². The van der Waals surface area contributed by atoms with E-state index >= 15 is 0 Å². The summed E-state index contributed by atoms with van der Waals surface area (Å²) in [5.41, 5.74) is 0.544. The fourth-order valence-corrected chi connectivity index (χ4v) is 2.06. The molecule has 6 heteroatoms. The lowest BCUT2D eigenvalue weighted by atomic mass is 10.1. The van der Waals surface area contributed by atoms with E-state index in [1.54, 1.807) is 31.2 Å². The van der Waals surface area contributed by atoms with Crippen molar-refractivity contribution in [3.8, 4) is 0 Å². The third-order valence-electron chi connectivity index (χ3n) is 2.57. The maximum absolute atomic E-state index is 11.7. The van der Waals surface area contributed by atoms with Gasteiger partial charge < -0.3 is 15.2 Å². The molecule has 0 aliphatic rings. The Morgan fingerprint density at radius 2 is 2.05 bits per heavy atom. The second kappa shape index (κ2) is 8.27. The van der Waals surface area contributed by atoms with Gasteiger partial charge in [-0.2, -0.15) is 0 Å². The number of hydrogen-bond acceptors (Lipinski definition) is 3. The van der Waals surface area contributed by atoms with Gasteiger partial charge in [0.1, 0.15) is 6.10 Å². The summed E-state index contributed by atoms with van der Waals surface area (Å²) in [5.74, 6) is -0.306. The van der Waals surface area contributed by atoms with Gasteiger partial charge in [0.05, 0.1) is 12.7 Å². The number of nitrogens with one attached hydrogen (secondary N) is 1. The Kier molecular flexibility index (Phi) is 7.02. The molecule has 1 rings (SSSR count). The van der Waals surface area contributed by atoms with Gasteiger partial charge in [-0.15, -0.1) is 6.58 Å². The molecule has 0 heterocycles. The van der Waals surface area contributed by atoms with Crippen molar-refractivity contribution in [3.05, 3.63) is 46.5 Å². The van der Waals surface area contributed by atoms with Gasteiger partial charge in [-0.3, -0.25) is 4.79 Å². The van der Waals surface area contributed by atoms with Crippen LogP contribution in [0.25, 0.3) is 0 Å². The predicted octanol–water partition coefficient (Wildman–Crippen LogP) is 2.73. The molecule has 0 aliphatic carbocycles. The first-order valence-electron chi connectivity index (χ1n) is 6.08. The molecule has 0 aromatic heterocycles. The van der Waals surface area contributed by atoms with Gasteiger partial charge in [0.2, 0.25) is 5.91 Å². The number of amides is 1. The molecule has 1 amide bonds. The van der Waals surface area contributed by atoms with E-state index in [0.29, 0.717) is 22.2 Å². The van der Waals surface area contributed by atoms with Crippen LogP contribution in [0.5, 0.6) is 0 Å². The number of ether oxygens (including phenoxy) is 1. The van der Waals surface area contributed by atoms with Crippen LogP contribution in [0.4, 0.5) is 0 Å². The molecule has 4 nitrogen and oxygen atoms in total. The quantitative estimate of drug-likeness (QED) is 0.760. The van der Waals surface area contributed by atoms with Crippen molar-refractivity contribution in [3.63, 3.8) is 0 Å². The Bertz CT molecular complexity index is 459. The lowest BCUT2D eigenvalue weighted by Crippen LogP contribution is -2.37. The highest BCUT2D eigenvalue weighted by Crippen LogP contribution is 2.23. The van der Waals surface area contributed by atoms with Gasteiger partial charge >= 0.3 is 0 Å². The van der Waals surface area contributed by atoms with E-state index in [4.69, 9.17) is 27.9 Å². The zero-order valence-corrected chi connectivity index (χ0v) is 12.6. The Morgan fingerprint density at radius 1 is 1.45 bits per heavy atom. The zero-order chi connectivity index (χ0) is 15.1. The summed E-state index contributed by atoms with van der Waals surface area (Å²) in [6, 6.07) is 4.77. The molecule has 20 heavy (non-hydrogen) atoms. The normalized spacial score (nSPS) is 13.6. The fraction of sp³-hybridized carbons (Fsp3) is 0.357. The van der Waals surface area contributed by atoms with Gasteiger partial charge in [-0.05, 0) is 30.7 Å². The van der Waals surface area contributed by atoms with Crippen LogP contribution in [0, 0.1) is 0 Å². The van der Waals surface area contributed by atoms with Gasteiger partial charge in [0.15, 0.2) is 0 Å². The van der Waals surface area contributed by atoms with Crippen molar-refractivity contribution in [1.29, 1.82) is 0 Å². The second-order valence-electron chi connectivity index (χ2n) is 4.23. The SMILES string of the molecule is C=CCO[C@@H](C)C(=O)NC[C@@H](O)c1cc(Cl)cc(Cl)c1. The molecule has 2 atom stereocenters. The molecule has 2 N–H and O–H groups in total. The number of hydrogen-bond donors (Lipinski definition) is 2. The van der Waals surface area contributed by atoms with Crippen LogP contribution in [0.2, 0.25) is 10.0 Å². The summed E-state index contributed by atoms with van der Waals surface area (Å²) < 4.78 is 5.18. The first-order chi connectivity index (χ1) is 9.43. The van der Waals surface area contributed by atoms with Gasteiger partial charge in [-0.1, -0.05) is 29.3 Å². The van der Waals surface area contributed by atoms with Gasteiger partial charge in [0.25, 0.3) is 0 Å². The summed E-state index contributed by atoms with van der Waals surface area (Å²) in [4.78, 5) is 11.7. The Labute approximate surface area is 128 Å². The third-order valence-corrected chi connectivity index (χ3v) is 3.01. The van der Waals surface area contributed by atoms with Crippen LogP contribution in [0.15, 0.2) is 30.9 Å². The number of aliphatic hydroxyl groups excluding tert-OH is 1. The van der Waals surface area contributed by atoms with Crippen LogP contribution in [-0.2, 0) is 9.53 Å². The van der Waals surface area contributed by atoms with E-state index in [0.717, 1.165) is 0 Å². The molecule has 0 spiro atoms. The number of rotatable bonds is 7. The summed E-state index contributed by atoms with van der Waals surface area (Å²) in [5, 5.41) is 13.4. The first-order valence-corrected chi connectivity index (χ1v) is 6.84. The highest BCUT2D eigenvalue weighted by molar-refractivity contribution is 6.34. The lowest BCUT2D eigenvalue weighted by molar-refractivity contribution is -0.131. The van der Waals surface area contributed by atoms with Crippen molar-refractivity contribution in [1.82, 2.24) is 5.32 Å². The van der Waals surface area contributed by atoms with E-state index in [9.17, 15) is 9.90 Å².